The molecule has 2 aromatic heterocycles. The van der Waals surface area contributed by atoms with Crippen LogP contribution in [0.15, 0.2) is 49.1 Å². The van der Waals surface area contributed by atoms with Gasteiger partial charge in [-0.1, -0.05) is 6.07 Å². The highest BCUT2D eigenvalue weighted by atomic mass is 32.1. The highest BCUT2D eigenvalue weighted by Gasteiger charge is 2.23. The molecule has 0 bridgehead atoms. The zero-order chi connectivity index (χ0) is 21.5. The van der Waals surface area contributed by atoms with E-state index in [1.165, 1.54) is 11.3 Å². The summed E-state index contributed by atoms with van der Waals surface area (Å²) in [6, 6.07) is 7.14. The van der Waals surface area contributed by atoms with Crippen LogP contribution >= 0.6 is 11.3 Å². The fourth-order valence-corrected chi connectivity index (χ4v) is 4.69. The number of anilines is 1. The van der Waals surface area contributed by atoms with Gasteiger partial charge in [0.15, 0.2) is 16.6 Å². The first-order valence-corrected chi connectivity index (χ1v) is 10.4. The van der Waals surface area contributed by atoms with E-state index < -0.39 is 29.0 Å². The van der Waals surface area contributed by atoms with Crippen LogP contribution in [-0.2, 0) is 12.8 Å². The maximum absolute atomic E-state index is 13.9. The fraction of sp³-hybridized carbons (Fsp3) is 0.136. The van der Waals surface area contributed by atoms with Crippen molar-refractivity contribution in [3.8, 4) is 16.1 Å². The molecular weight excluding hydrogens is 425 g/mol. The Morgan fingerprint density at radius 1 is 1.06 bits per heavy atom. The van der Waals surface area contributed by atoms with Crippen LogP contribution in [0.2, 0.25) is 0 Å². The Morgan fingerprint density at radius 2 is 1.90 bits per heavy atom. The molecule has 0 atom stereocenters. The molecule has 1 aliphatic carbocycles. The van der Waals surface area contributed by atoms with Gasteiger partial charge in [0, 0.05) is 30.2 Å². The van der Waals surface area contributed by atoms with Crippen LogP contribution in [-0.4, -0.2) is 20.4 Å². The molecule has 2 aromatic carbocycles. The number of nitrogens with one attached hydrogen (secondary N) is 1. The lowest BCUT2D eigenvalue weighted by Gasteiger charge is -2.09. The van der Waals surface area contributed by atoms with Crippen LogP contribution in [0.4, 0.5) is 18.9 Å². The van der Waals surface area contributed by atoms with Crippen molar-refractivity contribution in [2.75, 3.05) is 5.32 Å². The number of hydrogen-bond acceptors (Lipinski definition) is 4. The van der Waals surface area contributed by atoms with Gasteiger partial charge in [-0.2, -0.15) is 0 Å². The molecule has 0 radical (unpaired) electrons. The maximum atomic E-state index is 13.9. The number of aryl methyl sites for hydroxylation is 2. The summed E-state index contributed by atoms with van der Waals surface area (Å²) in [7, 11) is 0. The number of rotatable bonds is 3. The third-order valence-electron chi connectivity index (χ3n) is 5.15. The lowest BCUT2D eigenvalue weighted by molar-refractivity contribution is 0.102. The second-order valence-electron chi connectivity index (χ2n) is 7.16. The first-order valence-electron chi connectivity index (χ1n) is 9.57. The van der Waals surface area contributed by atoms with Crippen LogP contribution in [0, 0.1) is 17.5 Å². The number of carbonyl (C=O) groups is 1. The lowest BCUT2D eigenvalue weighted by Crippen LogP contribution is -2.13. The molecule has 5 nitrogen and oxygen atoms in total. The third kappa shape index (κ3) is 3.61. The Labute approximate surface area is 179 Å². The number of amides is 1. The highest BCUT2D eigenvalue weighted by Crippen LogP contribution is 2.38. The zero-order valence-corrected chi connectivity index (χ0v) is 16.8. The second-order valence-corrected chi connectivity index (χ2v) is 8.16. The zero-order valence-electron chi connectivity index (χ0n) is 16.0. The topological polar surface area (TPSA) is 59.8 Å². The normalized spacial score (nSPS) is 12.7. The smallest absolute Gasteiger partial charge is 0.284 e. The molecule has 1 amide bonds. The lowest BCUT2D eigenvalue weighted by atomic mass is 10.0. The van der Waals surface area contributed by atoms with Crippen LogP contribution in [0.3, 0.4) is 0 Å². The Morgan fingerprint density at radius 3 is 2.71 bits per heavy atom. The number of benzene rings is 2. The predicted octanol–water partition coefficient (Wildman–Crippen LogP) is 5.15. The molecule has 0 aliphatic heterocycles. The van der Waals surface area contributed by atoms with Gasteiger partial charge in [-0.15, -0.1) is 11.3 Å². The third-order valence-corrected chi connectivity index (χ3v) is 6.28. The maximum Gasteiger partial charge on any atom is 0.284 e. The summed E-state index contributed by atoms with van der Waals surface area (Å²) in [4.78, 5) is 22.1. The Hall–Kier alpha value is -3.46. The highest BCUT2D eigenvalue weighted by molar-refractivity contribution is 7.17. The van der Waals surface area contributed by atoms with Crippen LogP contribution in [0.1, 0.15) is 27.5 Å². The van der Waals surface area contributed by atoms with Crippen LogP contribution in [0.5, 0.6) is 0 Å². The van der Waals surface area contributed by atoms with Crippen molar-refractivity contribution in [3.05, 3.63) is 82.8 Å². The molecule has 0 fully saturated rings. The molecule has 5 rings (SSSR count). The summed E-state index contributed by atoms with van der Waals surface area (Å²) in [5, 5.41) is 2.43. The van der Waals surface area contributed by atoms with Gasteiger partial charge in [0.2, 0.25) is 0 Å². The minimum absolute atomic E-state index is 0.134. The van der Waals surface area contributed by atoms with Crippen LogP contribution < -0.4 is 5.32 Å². The molecule has 1 aliphatic rings. The minimum Gasteiger partial charge on any atom is -0.317 e. The molecule has 31 heavy (non-hydrogen) atoms. The number of imidazole rings is 1. The van der Waals surface area contributed by atoms with E-state index in [9.17, 15) is 18.0 Å². The van der Waals surface area contributed by atoms with E-state index >= 15 is 0 Å². The predicted molar refractivity (Wildman–Crippen MR) is 111 cm³/mol. The average Bonchev–Trinajstić information content (AvgIpc) is 3.40. The number of carbonyl (C=O) groups excluding carboxylic acids is 1. The van der Waals surface area contributed by atoms with Crippen molar-refractivity contribution < 1.29 is 18.0 Å². The number of thiazole rings is 1. The summed E-state index contributed by atoms with van der Waals surface area (Å²) in [5.41, 5.74) is 3.45. The molecule has 0 spiro atoms. The quantitative estimate of drug-likeness (QED) is 0.448. The van der Waals surface area contributed by atoms with Gasteiger partial charge in [-0.05, 0) is 42.5 Å². The molecule has 1 N–H and O–H groups in total. The summed E-state index contributed by atoms with van der Waals surface area (Å²) >= 11 is 1.20. The number of fused-ring (bicyclic) bond motifs is 3. The molecule has 0 saturated carbocycles. The number of aromatic nitrogens is 3. The van der Waals surface area contributed by atoms with E-state index in [4.69, 9.17) is 0 Å². The second kappa shape index (κ2) is 7.66. The summed E-state index contributed by atoms with van der Waals surface area (Å²) in [6.45, 7) is 0. The van der Waals surface area contributed by atoms with Crippen molar-refractivity contribution in [2.24, 2.45) is 0 Å². The average molecular weight is 440 g/mol. The molecule has 0 unspecified atom stereocenters. The number of halogens is 3. The van der Waals surface area contributed by atoms with Crippen molar-refractivity contribution in [2.45, 2.75) is 19.3 Å². The molecular formula is C22H15F3N4OS. The van der Waals surface area contributed by atoms with E-state index in [0.717, 1.165) is 40.2 Å². The van der Waals surface area contributed by atoms with Gasteiger partial charge in [0.25, 0.3) is 5.91 Å². The molecule has 156 valence electrons. The Balaban J connectivity index is 1.51. The van der Waals surface area contributed by atoms with Gasteiger partial charge in [-0.3, -0.25) is 4.79 Å². The first kappa shape index (κ1) is 19.5. The van der Waals surface area contributed by atoms with E-state index in [1.54, 1.807) is 12.5 Å². The van der Waals surface area contributed by atoms with Gasteiger partial charge in [-0.25, -0.2) is 23.1 Å². The van der Waals surface area contributed by atoms with E-state index in [1.807, 2.05) is 22.9 Å². The Bertz CT molecular complexity index is 1300. The summed E-state index contributed by atoms with van der Waals surface area (Å²) in [6.07, 6.45) is 7.73. The fourth-order valence-electron chi connectivity index (χ4n) is 3.64. The van der Waals surface area contributed by atoms with Crippen molar-refractivity contribution in [3.63, 3.8) is 0 Å². The van der Waals surface area contributed by atoms with E-state index in [2.05, 4.69) is 21.4 Å². The monoisotopic (exact) mass is 440 g/mol. The van der Waals surface area contributed by atoms with Crippen molar-refractivity contribution in [1.29, 1.82) is 0 Å². The first-order chi connectivity index (χ1) is 15.0. The largest absolute Gasteiger partial charge is 0.317 e. The number of nitrogens with zero attached hydrogens (tertiary/aromatic N) is 3. The molecule has 0 saturated heterocycles. The van der Waals surface area contributed by atoms with E-state index in [-0.39, 0.29) is 5.01 Å². The standard InChI is InChI=1S/C22H15F3N4OS/c23-15-9-17(25)19(10-16(15)24)27-21(30)22-28-18-3-1-2-12-4-5-13(29-7-6-26-11-29)8-14(12)20(18)31-22/h4-11H,1-3H2,(H,27,30). The molecule has 4 aromatic rings. The van der Waals surface area contributed by atoms with Crippen LogP contribution in [0.25, 0.3) is 16.1 Å². The van der Waals surface area contributed by atoms with Crippen molar-refractivity contribution in [1.82, 2.24) is 14.5 Å². The Kier molecular flexibility index (Phi) is 4.82. The minimum atomic E-state index is -1.32. The van der Waals surface area contributed by atoms with Gasteiger partial charge in [0.1, 0.15) is 5.82 Å². The van der Waals surface area contributed by atoms with Gasteiger partial charge < -0.3 is 9.88 Å². The summed E-state index contributed by atoms with van der Waals surface area (Å²) < 4.78 is 42.4. The SMILES string of the molecule is O=C(Nc1cc(F)c(F)cc1F)c1nc2c(s1)-c1cc(-n3ccnc3)ccc1CCC2. The molecule has 9 heteroatoms. The summed E-state index contributed by atoms with van der Waals surface area (Å²) in [5.74, 6) is -4.29. The van der Waals surface area contributed by atoms with Gasteiger partial charge in [0.05, 0.1) is 22.6 Å². The number of hydrogen-bond donors (Lipinski definition) is 1. The van der Waals surface area contributed by atoms with Gasteiger partial charge >= 0.3 is 0 Å². The van der Waals surface area contributed by atoms with E-state index in [0.29, 0.717) is 18.6 Å². The molecule has 2 heterocycles. The van der Waals surface area contributed by atoms with Crippen molar-refractivity contribution >= 4 is 22.9 Å².